The van der Waals surface area contributed by atoms with Gasteiger partial charge in [0, 0.05) is 0 Å². The number of hydrogen-bond acceptors (Lipinski definition) is 4. The van der Waals surface area contributed by atoms with Crippen LogP contribution in [0.2, 0.25) is 19.6 Å². The maximum atomic E-state index is 10.7. The molecule has 0 spiro atoms. The van der Waals surface area contributed by atoms with Gasteiger partial charge in [-0.2, -0.15) is 13.2 Å². The Morgan fingerprint density at radius 1 is 0.765 bits per heavy atom. The lowest BCUT2D eigenvalue weighted by atomic mass is 10.4. The summed E-state index contributed by atoms with van der Waals surface area (Å²) >= 11 is 0. The highest BCUT2D eigenvalue weighted by molar-refractivity contribution is 7.96. The van der Waals surface area contributed by atoms with Crippen molar-refractivity contribution >= 4 is 41.6 Å². The van der Waals surface area contributed by atoms with E-state index in [0.29, 0.717) is 0 Å². The molecule has 0 aliphatic rings. The minimum absolute atomic E-state index is 0.126. The molecule has 184 valence electrons. The largest absolute Gasteiger partial charge is 0.741 e. The van der Waals surface area contributed by atoms with E-state index in [2.05, 4.69) is 118 Å². The Labute approximate surface area is 201 Å². The maximum Gasteiger partial charge on any atom is 0.485 e. The van der Waals surface area contributed by atoms with Gasteiger partial charge in [0.2, 0.25) is 0 Å². The molecule has 3 aromatic carbocycles. The minimum Gasteiger partial charge on any atom is -0.741 e. The van der Waals surface area contributed by atoms with Gasteiger partial charge in [-0.15, -0.1) is 0 Å². The lowest BCUT2D eigenvalue weighted by Gasteiger charge is -2.35. The van der Waals surface area contributed by atoms with Crippen LogP contribution in [0.15, 0.2) is 91.0 Å². The van der Waals surface area contributed by atoms with Crippen LogP contribution in [0, 0.1) is 0 Å². The first-order chi connectivity index (χ1) is 15.7. The standard InChI is InChI=1S/C23H28OPSi.CHF3O3S/c1-20(24-26(2,3)4)25(21-14-8-5-9-15-21,22-16-10-6-11-17-22)23-18-12-7-13-19-23;2-1(3,4)8(5,6)7/h5-20H,1-4H3;(H,5,6,7)/q+1;/p-1. The van der Waals surface area contributed by atoms with Gasteiger partial charge in [-0.3, -0.25) is 0 Å². The molecule has 0 aliphatic heterocycles. The van der Waals surface area contributed by atoms with Gasteiger partial charge < -0.3 is 8.98 Å². The molecule has 0 radical (unpaired) electrons. The summed E-state index contributed by atoms with van der Waals surface area (Å²) in [6.07, 6.45) is 0. The van der Waals surface area contributed by atoms with Crippen molar-refractivity contribution in [2.45, 2.75) is 37.9 Å². The summed E-state index contributed by atoms with van der Waals surface area (Å²) in [5.41, 5.74) is -5.65. The van der Waals surface area contributed by atoms with Gasteiger partial charge in [-0.05, 0) is 63.0 Å². The highest BCUT2D eigenvalue weighted by Crippen LogP contribution is 2.60. The highest BCUT2D eigenvalue weighted by atomic mass is 32.2. The summed E-state index contributed by atoms with van der Waals surface area (Å²) in [6.45, 7) is 9.11. The SMILES string of the molecule is CC(O[Si](C)(C)C)[P+](c1ccccc1)(c1ccccc1)c1ccccc1.O=S(=O)([O-])C(F)(F)F. The van der Waals surface area contributed by atoms with Crippen molar-refractivity contribution in [1.82, 2.24) is 0 Å². The van der Waals surface area contributed by atoms with E-state index in [4.69, 9.17) is 17.4 Å². The molecule has 10 heteroatoms. The molecule has 3 rings (SSSR count). The van der Waals surface area contributed by atoms with E-state index in [0.717, 1.165) is 0 Å². The normalized spacial score (nSPS) is 13.5. The van der Waals surface area contributed by atoms with Crippen LogP contribution in [0.4, 0.5) is 13.2 Å². The van der Waals surface area contributed by atoms with E-state index in [9.17, 15) is 13.2 Å². The van der Waals surface area contributed by atoms with Gasteiger partial charge in [-0.1, -0.05) is 54.6 Å². The summed E-state index contributed by atoms with van der Waals surface area (Å²) in [6, 6.07) is 32.8. The van der Waals surface area contributed by atoms with Gasteiger partial charge in [-0.25, -0.2) is 8.42 Å². The van der Waals surface area contributed by atoms with E-state index < -0.39 is 31.2 Å². The van der Waals surface area contributed by atoms with Crippen molar-refractivity contribution in [2.75, 3.05) is 0 Å². The Balaban J connectivity index is 0.000000440. The van der Waals surface area contributed by atoms with Crippen LogP contribution in [0.25, 0.3) is 0 Å². The van der Waals surface area contributed by atoms with Crippen LogP contribution in [-0.2, 0) is 14.5 Å². The van der Waals surface area contributed by atoms with Crippen LogP contribution in [0.1, 0.15) is 6.92 Å². The van der Waals surface area contributed by atoms with E-state index in [-0.39, 0.29) is 5.85 Å². The average molecular weight is 529 g/mol. The van der Waals surface area contributed by atoms with Crippen molar-refractivity contribution in [1.29, 1.82) is 0 Å². The van der Waals surface area contributed by atoms with Crippen LogP contribution >= 0.6 is 7.26 Å². The van der Waals surface area contributed by atoms with Gasteiger partial charge >= 0.3 is 5.51 Å². The van der Waals surface area contributed by atoms with E-state index in [1.54, 1.807) is 0 Å². The second kappa shape index (κ2) is 11.1. The molecule has 0 heterocycles. The van der Waals surface area contributed by atoms with E-state index in [1.807, 2.05) is 0 Å². The molecule has 0 fully saturated rings. The fraction of sp³-hybridized carbons (Fsp3) is 0.250. The van der Waals surface area contributed by atoms with Crippen molar-refractivity contribution < 1.29 is 30.6 Å². The summed E-state index contributed by atoms with van der Waals surface area (Å²) in [7, 11) is -9.72. The molecule has 0 saturated carbocycles. The molecular weight excluding hydrogens is 500 g/mol. The summed E-state index contributed by atoms with van der Waals surface area (Å²) in [5, 5.41) is 4.13. The Bertz CT molecular complexity index is 1040. The third-order valence-corrected chi connectivity index (χ3v) is 11.2. The summed E-state index contributed by atoms with van der Waals surface area (Å²) < 4.78 is 65.7. The first kappa shape index (κ1) is 28.2. The Morgan fingerprint density at radius 2 is 1.03 bits per heavy atom. The minimum atomic E-state index is -6.09. The monoisotopic (exact) mass is 528 g/mol. The molecule has 34 heavy (non-hydrogen) atoms. The number of halogens is 3. The van der Waals surface area contributed by atoms with Crippen molar-refractivity contribution in [2.24, 2.45) is 0 Å². The number of hydrogen-bond donors (Lipinski definition) is 0. The molecule has 3 aromatic rings. The summed E-state index contributed by atoms with van der Waals surface area (Å²) in [4.78, 5) is 0. The average Bonchev–Trinajstić information content (AvgIpc) is 2.74. The Morgan fingerprint density at radius 3 is 1.24 bits per heavy atom. The summed E-state index contributed by atoms with van der Waals surface area (Å²) in [5.74, 6) is 0.126. The third-order valence-electron chi connectivity index (χ3n) is 4.84. The molecule has 0 saturated heterocycles. The molecule has 0 aliphatic carbocycles. The third kappa shape index (κ3) is 6.99. The second-order valence-electron chi connectivity index (χ2n) is 8.46. The van der Waals surface area contributed by atoms with E-state index in [1.165, 1.54) is 15.9 Å². The zero-order valence-corrected chi connectivity index (χ0v) is 22.1. The van der Waals surface area contributed by atoms with Crippen LogP contribution < -0.4 is 15.9 Å². The molecule has 1 atom stereocenters. The Kier molecular flexibility index (Phi) is 9.24. The topological polar surface area (TPSA) is 66.4 Å². The highest BCUT2D eigenvalue weighted by Gasteiger charge is 2.52. The number of rotatable bonds is 6. The van der Waals surface area contributed by atoms with Crippen molar-refractivity contribution in [3.05, 3.63) is 91.0 Å². The number of alkyl halides is 3. The molecule has 0 bridgehead atoms. The van der Waals surface area contributed by atoms with Crippen LogP contribution in [-0.4, -0.2) is 32.6 Å². The molecule has 0 amide bonds. The number of benzene rings is 3. The second-order valence-corrected chi connectivity index (χ2v) is 18.0. The predicted octanol–water partition coefficient (Wildman–Crippen LogP) is 5.23. The van der Waals surface area contributed by atoms with Crippen molar-refractivity contribution in [3.63, 3.8) is 0 Å². The van der Waals surface area contributed by atoms with Gasteiger partial charge in [0.05, 0.1) is 0 Å². The Hall–Kier alpha value is -2.03. The smallest absolute Gasteiger partial charge is 0.485 e. The molecule has 1 unspecified atom stereocenters. The van der Waals surface area contributed by atoms with Crippen LogP contribution in [0.3, 0.4) is 0 Å². The van der Waals surface area contributed by atoms with Crippen molar-refractivity contribution in [3.8, 4) is 0 Å². The lowest BCUT2D eigenvalue weighted by molar-refractivity contribution is -0.0517. The molecule has 4 nitrogen and oxygen atoms in total. The van der Waals surface area contributed by atoms with Crippen LogP contribution in [0.5, 0.6) is 0 Å². The first-order valence-corrected chi connectivity index (χ1v) is 17.1. The molecule has 0 N–H and O–H groups in total. The zero-order valence-electron chi connectivity index (χ0n) is 19.4. The van der Waals surface area contributed by atoms with Gasteiger partial charge in [0.1, 0.15) is 23.2 Å². The first-order valence-electron chi connectivity index (χ1n) is 10.4. The molecular formula is C24H28F3O4PSSi. The quantitative estimate of drug-likeness (QED) is 0.190. The van der Waals surface area contributed by atoms with Gasteiger partial charge in [0.15, 0.2) is 24.3 Å². The molecule has 0 aromatic heterocycles. The lowest BCUT2D eigenvalue weighted by Crippen LogP contribution is -2.42. The predicted molar refractivity (Wildman–Crippen MR) is 135 cm³/mol. The van der Waals surface area contributed by atoms with E-state index >= 15 is 0 Å². The maximum absolute atomic E-state index is 10.7. The fourth-order valence-corrected chi connectivity index (χ4v) is 10.3. The zero-order chi connectivity index (χ0) is 25.6. The fourth-order valence-electron chi connectivity index (χ4n) is 3.66. The van der Waals surface area contributed by atoms with Gasteiger partial charge in [0.25, 0.3) is 0 Å².